The fourth-order valence-electron chi connectivity index (χ4n) is 4.49. The monoisotopic (exact) mass is 494 g/mol. The third kappa shape index (κ3) is 5.87. The van der Waals surface area contributed by atoms with Gasteiger partial charge in [-0.05, 0) is 85.6 Å². The summed E-state index contributed by atoms with van der Waals surface area (Å²) >= 11 is 0. The molecule has 1 amide bonds. The average molecular weight is 495 g/mol. The van der Waals surface area contributed by atoms with Gasteiger partial charge >= 0.3 is 0 Å². The van der Waals surface area contributed by atoms with E-state index in [1.807, 2.05) is 30.6 Å². The van der Waals surface area contributed by atoms with Crippen LogP contribution in [-0.2, 0) is 11.3 Å². The summed E-state index contributed by atoms with van der Waals surface area (Å²) in [6.07, 6.45) is 7.75. The van der Waals surface area contributed by atoms with Gasteiger partial charge in [-0.25, -0.2) is 4.39 Å². The van der Waals surface area contributed by atoms with Crippen LogP contribution in [-0.4, -0.2) is 39.6 Å². The van der Waals surface area contributed by atoms with Crippen LogP contribution in [0.3, 0.4) is 0 Å². The van der Waals surface area contributed by atoms with Gasteiger partial charge in [0.15, 0.2) is 5.71 Å². The number of hydrazone groups is 1. The van der Waals surface area contributed by atoms with Crippen molar-refractivity contribution in [2.24, 2.45) is 10.9 Å². The number of carbonyl (C=O) groups excluding carboxylic acids is 1. The summed E-state index contributed by atoms with van der Waals surface area (Å²) in [5.41, 5.74) is 5.68. The molecule has 5 rings (SSSR count). The molecule has 1 fully saturated rings. The van der Waals surface area contributed by atoms with Crippen LogP contribution in [0.5, 0.6) is 0 Å². The van der Waals surface area contributed by atoms with Gasteiger partial charge in [-0.1, -0.05) is 18.2 Å². The number of hydrogen-bond donors (Lipinski definition) is 2. The molecule has 0 radical (unpaired) electrons. The van der Waals surface area contributed by atoms with Crippen molar-refractivity contribution < 1.29 is 9.18 Å². The minimum absolute atomic E-state index is 0.102. The highest BCUT2D eigenvalue weighted by atomic mass is 19.1. The van der Waals surface area contributed by atoms with Gasteiger partial charge in [0.05, 0.1) is 17.6 Å². The molecule has 3 N–H and O–H groups in total. The van der Waals surface area contributed by atoms with Gasteiger partial charge in [-0.15, -0.1) is 0 Å². The Hall–Kier alpha value is -4.43. The van der Waals surface area contributed by atoms with E-state index in [1.165, 1.54) is 25.0 Å². The second-order valence-corrected chi connectivity index (χ2v) is 9.02. The van der Waals surface area contributed by atoms with Crippen LogP contribution >= 0.6 is 0 Å². The topological polar surface area (TPSA) is 96.5 Å². The third-order valence-corrected chi connectivity index (χ3v) is 6.37. The van der Waals surface area contributed by atoms with E-state index in [0.29, 0.717) is 16.9 Å². The lowest BCUT2D eigenvalue weighted by Gasteiger charge is -2.15. The number of nitrogens with two attached hydrogens (primary N) is 1. The highest BCUT2D eigenvalue weighted by molar-refractivity contribution is 6.48. The third-order valence-electron chi connectivity index (χ3n) is 6.37. The summed E-state index contributed by atoms with van der Waals surface area (Å²) in [5.74, 6) is 4.88. The summed E-state index contributed by atoms with van der Waals surface area (Å²) in [4.78, 5) is 24.3. The molecule has 7 nitrogen and oxygen atoms in total. The van der Waals surface area contributed by atoms with Crippen LogP contribution in [0.15, 0.2) is 90.4 Å². The zero-order valence-electron chi connectivity index (χ0n) is 20.3. The zero-order chi connectivity index (χ0) is 25.6. The molecule has 0 atom stereocenters. The fraction of sp³-hybridized carbons (Fsp3) is 0.172. The van der Waals surface area contributed by atoms with E-state index >= 15 is 0 Å². The molecule has 3 heterocycles. The lowest BCUT2D eigenvalue weighted by Crippen LogP contribution is -2.25. The molecule has 0 aliphatic carbocycles. The maximum atomic E-state index is 13.2. The second kappa shape index (κ2) is 11.1. The highest BCUT2D eigenvalue weighted by Gasteiger charge is 2.16. The number of benzene rings is 2. The van der Waals surface area contributed by atoms with Crippen LogP contribution in [0.25, 0.3) is 22.4 Å². The van der Waals surface area contributed by atoms with Crippen molar-refractivity contribution in [3.63, 3.8) is 0 Å². The second-order valence-electron chi connectivity index (χ2n) is 9.02. The van der Waals surface area contributed by atoms with Crippen molar-refractivity contribution in [3.05, 3.63) is 102 Å². The highest BCUT2D eigenvalue weighted by Crippen LogP contribution is 2.23. The maximum Gasteiger partial charge on any atom is 0.276 e. The van der Waals surface area contributed by atoms with Crippen molar-refractivity contribution in [1.82, 2.24) is 14.9 Å². The van der Waals surface area contributed by atoms with Gasteiger partial charge in [0.2, 0.25) is 0 Å². The Morgan fingerprint density at radius 1 is 0.946 bits per heavy atom. The lowest BCUT2D eigenvalue weighted by atomic mass is 10.0. The number of rotatable bonds is 7. The Kier molecular flexibility index (Phi) is 7.28. The summed E-state index contributed by atoms with van der Waals surface area (Å²) < 4.78 is 13.2. The van der Waals surface area contributed by atoms with Gasteiger partial charge in [0.1, 0.15) is 5.82 Å². The molecule has 1 aliphatic heterocycles. The maximum absolute atomic E-state index is 13.2. The number of aromatic nitrogens is 2. The molecule has 8 heteroatoms. The first-order valence-electron chi connectivity index (χ1n) is 12.2. The van der Waals surface area contributed by atoms with E-state index in [9.17, 15) is 9.18 Å². The molecular weight excluding hydrogens is 467 g/mol. The van der Waals surface area contributed by atoms with Crippen LogP contribution in [0.4, 0.5) is 10.1 Å². The van der Waals surface area contributed by atoms with Crippen molar-refractivity contribution in [1.29, 1.82) is 0 Å². The van der Waals surface area contributed by atoms with Crippen molar-refractivity contribution in [2.45, 2.75) is 19.4 Å². The van der Waals surface area contributed by atoms with Crippen LogP contribution in [0.2, 0.25) is 0 Å². The standard InChI is InChI=1S/C29H27FN6O/c30-25-8-6-21(7-9-25)27-11-10-26(18-33-27)34-29(37)28(35-31)23-5-3-4-22(15-23)24-14-20(16-32-17-24)19-36-12-1-2-13-36/h3-11,14-18H,1-2,12-13,19,31H2,(H,34,37)/b35-28+. The normalized spacial score (nSPS) is 14.0. The number of nitrogens with one attached hydrogen (secondary N) is 1. The predicted molar refractivity (Wildman–Crippen MR) is 143 cm³/mol. The molecule has 0 unspecified atom stereocenters. The summed E-state index contributed by atoms with van der Waals surface area (Å²) in [5, 5.41) is 6.57. The van der Waals surface area contributed by atoms with Gasteiger partial charge in [0.25, 0.3) is 5.91 Å². The average Bonchev–Trinajstić information content (AvgIpc) is 3.43. The van der Waals surface area contributed by atoms with E-state index in [-0.39, 0.29) is 11.5 Å². The van der Waals surface area contributed by atoms with Crippen molar-refractivity contribution in [2.75, 3.05) is 18.4 Å². The molecule has 1 aliphatic rings. The molecule has 0 saturated carbocycles. The van der Waals surface area contributed by atoms with Crippen LogP contribution < -0.4 is 11.2 Å². The molecule has 0 bridgehead atoms. The minimum atomic E-state index is -0.447. The van der Waals surface area contributed by atoms with Crippen LogP contribution in [0, 0.1) is 5.82 Å². The first-order valence-corrected chi connectivity index (χ1v) is 12.2. The number of carbonyl (C=O) groups is 1. The fourth-order valence-corrected chi connectivity index (χ4v) is 4.49. The number of nitrogens with zero attached hydrogens (tertiary/aromatic N) is 4. The zero-order valence-corrected chi connectivity index (χ0v) is 20.3. The lowest BCUT2D eigenvalue weighted by molar-refractivity contribution is -0.110. The van der Waals surface area contributed by atoms with E-state index in [2.05, 4.69) is 31.4 Å². The number of pyridine rings is 2. The minimum Gasteiger partial charge on any atom is -0.322 e. The molecule has 2 aromatic carbocycles. The molecule has 37 heavy (non-hydrogen) atoms. The SMILES string of the molecule is N/N=C(/C(=O)Nc1ccc(-c2ccc(F)cc2)nc1)c1cccc(-c2cncc(CN3CCCC3)c2)c1. The Bertz CT molecular complexity index is 1410. The smallest absolute Gasteiger partial charge is 0.276 e. The molecule has 1 saturated heterocycles. The Labute approximate surface area is 214 Å². The summed E-state index contributed by atoms with van der Waals surface area (Å²) in [7, 11) is 0. The van der Waals surface area contributed by atoms with Crippen LogP contribution in [0.1, 0.15) is 24.0 Å². The Morgan fingerprint density at radius 2 is 1.76 bits per heavy atom. The molecule has 4 aromatic rings. The van der Waals surface area contributed by atoms with Gasteiger partial charge in [-0.2, -0.15) is 5.10 Å². The number of halogens is 1. The Morgan fingerprint density at radius 3 is 2.49 bits per heavy atom. The van der Waals surface area contributed by atoms with E-state index in [0.717, 1.165) is 41.9 Å². The number of amides is 1. The molecule has 2 aromatic heterocycles. The van der Waals surface area contributed by atoms with E-state index < -0.39 is 5.91 Å². The van der Waals surface area contributed by atoms with E-state index in [1.54, 1.807) is 36.5 Å². The van der Waals surface area contributed by atoms with Crippen molar-refractivity contribution in [3.8, 4) is 22.4 Å². The summed E-state index contributed by atoms with van der Waals surface area (Å²) in [6.45, 7) is 3.12. The number of likely N-dealkylation sites (tertiary alicyclic amines) is 1. The van der Waals surface area contributed by atoms with Gasteiger partial charge < -0.3 is 11.2 Å². The first kappa shape index (κ1) is 24.3. The van der Waals surface area contributed by atoms with Gasteiger partial charge in [0, 0.05) is 35.6 Å². The predicted octanol–water partition coefficient (Wildman–Crippen LogP) is 4.85. The van der Waals surface area contributed by atoms with E-state index in [4.69, 9.17) is 5.84 Å². The quantitative estimate of drug-likeness (QED) is 0.218. The van der Waals surface area contributed by atoms with Gasteiger partial charge in [-0.3, -0.25) is 19.7 Å². The number of anilines is 1. The molecular formula is C29H27FN6O. The first-order chi connectivity index (χ1) is 18.1. The molecule has 0 spiro atoms. The van der Waals surface area contributed by atoms with Crippen molar-refractivity contribution >= 4 is 17.3 Å². The number of hydrogen-bond acceptors (Lipinski definition) is 6. The summed E-state index contributed by atoms with van der Waals surface area (Å²) in [6, 6.07) is 19.2. The Balaban J connectivity index is 1.30. The largest absolute Gasteiger partial charge is 0.322 e. The molecule has 186 valence electrons.